The summed E-state index contributed by atoms with van der Waals surface area (Å²) in [6.07, 6.45) is 5.75. The molecule has 2 unspecified atom stereocenters. The Bertz CT molecular complexity index is 936. The van der Waals surface area contributed by atoms with Crippen LogP contribution in [0.4, 0.5) is 9.80 Å². The highest BCUT2D eigenvalue weighted by Gasteiger charge is 2.27. The molecule has 1 aliphatic rings. The first-order chi connectivity index (χ1) is 14.5. The van der Waals surface area contributed by atoms with E-state index in [2.05, 4.69) is 21.7 Å². The first kappa shape index (κ1) is 21.8. The van der Waals surface area contributed by atoms with Crippen LogP contribution >= 0.6 is 11.3 Å². The number of nitrogens with one attached hydrogen (secondary N) is 2. The third-order valence-electron chi connectivity index (χ3n) is 5.25. The first-order valence-electron chi connectivity index (χ1n) is 10.2. The van der Waals surface area contributed by atoms with Crippen molar-refractivity contribution in [3.8, 4) is 6.07 Å². The average Bonchev–Trinajstić information content (AvgIpc) is 3.08. The summed E-state index contributed by atoms with van der Waals surface area (Å²) in [5.41, 5.74) is 2.60. The Morgan fingerprint density at radius 1 is 1.47 bits per heavy atom. The zero-order chi connectivity index (χ0) is 21.5. The lowest BCUT2D eigenvalue weighted by Gasteiger charge is -2.21. The molecule has 0 spiro atoms. The maximum Gasteiger partial charge on any atom is 0.407 e. The smallest absolute Gasteiger partial charge is 0.407 e. The van der Waals surface area contributed by atoms with Crippen LogP contribution in [0.2, 0.25) is 0 Å². The van der Waals surface area contributed by atoms with Crippen molar-refractivity contribution < 1.29 is 14.3 Å². The van der Waals surface area contributed by atoms with E-state index in [1.807, 2.05) is 26.0 Å². The number of amides is 2. The number of anilines is 1. The van der Waals surface area contributed by atoms with Crippen molar-refractivity contribution in [1.29, 1.82) is 5.26 Å². The normalized spacial score (nSPS) is 16.1. The Kier molecular flexibility index (Phi) is 7.41. The predicted octanol–water partition coefficient (Wildman–Crippen LogP) is 4.00. The molecule has 0 saturated heterocycles. The molecule has 0 aromatic carbocycles. The fourth-order valence-corrected chi connectivity index (χ4v) is 4.96. The van der Waals surface area contributed by atoms with Gasteiger partial charge in [0.25, 0.3) is 0 Å². The number of alkyl carbamates (subject to hydrolysis) is 1. The van der Waals surface area contributed by atoms with Crippen molar-refractivity contribution in [3.05, 3.63) is 46.1 Å². The van der Waals surface area contributed by atoms with E-state index in [0.29, 0.717) is 30.1 Å². The van der Waals surface area contributed by atoms with Crippen molar-refractivity contribution in [2.24, 2.45) is 5.92 Å². The fraction of sp³-hybridized carbons (Fsp3) is 0.455. The van der Waals surface area contributed by atoms with Gasteiger partial charge in [-0.15, -0.1) is 11.3 Å². The van der Waals surface area contributed by atoms with Gasteiger partial charge >= 0.3 is 6.09 Å². The second kappa shape index (κ2) is 10.2. The summed E-state index contributed by atoms with van der Waals surface area (Å²) in [7, 11) is 0. The molecule has 7 nitrogen and oxygen atoms in total. The maximum atomic E-state index is 12.6. The highest BCUT2D eigenvalue weighted by Crippen LogP contribution is 2.39. The molecule has 2 heterocycles. The second-order valence-electron chi connectivity index (χ2n) is 7.50. The van der Waals surface area contributed by atoms with E-state index >= 15 is 0 Å². The molecule has 2 aromatic rings. The van der Waals surface area contributed by atoms with Crippen molar-refractivity contribution in [2.75, 3.05) is 18.5 Å². The molecule has 30 heavy (non-hydrogen) atoms. The van der Waals surface area contributed by atoms with Crippen LogP contribution in [0.15, 0.2) is 24.5 Å². The zero-order valence-electron chi connectivity index (χ0n) is 17.2. The Balaban J connectivity index is 1.63. The van der Waals surface area contributed by atoms with Crippen LogP contribution in [-0.4, -0.2) is 30.1 Å². The molecule has 2 aromatic heterocycles. The van der Waals surface area contributed by atoms with Gasteiger partial charge in [0.05, 0.1) is 12.2 Å². The molecule has 3 rings (SSSR count). The van der Waals surface area contributed by atoms with Crippen LogP contribution in [0.5, 0.6) is 0 Å². The van der Waals surface area contributed by atoms with Crippen LogP contribution < -0.4 is 10.6 Å². The molecule has 0 fully saturated rings. The summed E-state index contributed by atoms with van der Waals surface area (Å²) in [6, 6.07) is 6.08. The third-order valence-corrected chi connectivity index (χ3v) is 6.42. The van der Waals surface area contributed by atoms with Crippen molar-refractivity contribution in [1.82, 2.24) is 10.3 Å². The first-order valence-corrected chi connectivity index (χ1v) is 11.0. The fourth-order valence-electron chi connectivity index (χ4n) is 3.63. The number of hydrogen-bond acceptors (Lipinski definition) is 6. The minimum Gasteiger partial charge on any atom is -0.449 e. The summed E-state index contributed by atoms with van der Waals surface area (Å²) >= 11 is 1.46. The van der Waals surface area contributed by atoms with Crippen molar-refractivity contribution in [3.63, 3.8) is 0 Å². The number of carbonyl (C=O) groups excluding carboxylic acids is 2. The molecule has 8 heteroatoms. The lowest BCUT2D eigenvalue weighted by atomic mass is 9.88. The van der Waals surface area contributed by atoms with Gasteiger partial charge in [0, 0.05) is 30.2 Å². The minimum absolute atomic E-state index is 0.0367. The molecule has 0 bridgehead atoms. The number of nitriles is 1. The number of carbonyl (C=O) groups is 2. The lowest BCUT2D eigenvalue weighted by molar-refractivity contribution is -0.116. The number of aromatic nitrogens is 1. The van der Waals surface area contributed by atoms with Crippen LogP contribution in [0, 0.1) is 17.2 Å². The van der Waals surface area contributed by atoms with Crippen molar-refractivity contribution in [2.45, 2.75) is 45.4 Å². The van der Waals surface area contributed by atoms with E-state index in [1.165, 1.54) is 11.3 Å². The maximum absolute atomic E-state index is 12.6. The summed E-state index contributed by atoms with van der Waals surface area (Å²) in [5, 5.41) is 15.8. The minimum atomic E-state index is -0.400. The predicted molar refractivity (Wildman–Crippen MR) is 115 cm³/mol. The second-order valence-corrected chi connectivity index (χ2v) is 8.60. The van der Waals surface area contributed by atoms with Gasteiger partial charge in [-0.25, -0.2) is 4.79 Å². The number of pyridine rings is 1. The molecule has 0 saturated carbocycles. The number of ether oxygens (including phenoxy) is 1. The Labute approximate surface area is 180 Å². The number of thiophene rings is 1. The quantitative estimate of drug-likeness (QED) is 0.696. The van der Waals surface area contributed by atoms with Gasteiger partial charge in [0.1, 0.15) is 11.1 Å². The largest absolute Gasteiger partial charge is 0.449 e. The van der Waals surface area contributed by atoms with E-state index in [0.717, 1.165) is 35.3 Å². The highest BCUT2D eigenvalue weighted by atomic mass is 32.1. The van der Waals surface area contributed by atoms with Gasteiger partial charge in [0.15, 0.2) is 0 Å². The molecule has 158 valence electrons. The van der Waals surface area contributed by atoms with Gasteiger partial charge in [0.2, 0.25) is 5.91 Å². The molecular weight excluding hydrogens is 400 g/mol. The molecule has 0 aliphatic heterocycles. The summed E-state index contributed by atoms with van der Waals surface area (Å²) in [4.78, 5) is 29.3. The molecular formula is C22H26N4O3S. The Hall–Kier alpha value is -2.92. The van der Waals surface area contributed by atoms with E-state index in [9.17, 15) is 14.9 Å². The number of rotatable bonds is 7. The molecule has 0 radical (unpaired) electrons. The van der Waals surface area contributed by atoms with Crippen LogP contribution in [0.3, 0.4) is 0 Å². The number of hydrogen-bond donors (Lipinski definition) is 2. The Morgan fingerprint density at radius 3 is 3.00 bits per heavy atom. The van der Waals surface area contributed by atoms with Gasteiger partial charge in [-0.1, -0.05) is 13.0 Å². The number of nitrogens with zero attached hydrogens (tertiary/aromatic N) is 2. The highest BCUT2D eigenvalue weighted by molar-refractivity contribution is 7.16. The number of fused-ring (bicyclic) bond motifs is 1. The van der Waals surface area contributed by atoms with Crippen molar-refractivity contribution >= 4 is 28.3 Å². The van der Waals surface area contributed by atoms with E-state index in [1.54, 1.807) is 12.4 Å². The van der Waals surface area contributed by atoms with Gasteiger partial charge < -0.3 is 15.4 Å². The van der Waals surface area contributed by atoms with Gasteiger partial charge in [-0.2, -0.15) is 5.26 Å². The van der Waals surface area contributed by atoms with Crippen LogP contribution in [0.25, 0.3) is 0 Å². The van der Waals surface area contributed by atoms with E-state index in [4.69, 9.17) is 4.74 Å². The topological polar surface area (TPSA) is 104 Å². The summed E-state index contributed by atoms with van der Waals surface area (Å²) in [5.74, 6) is 0.145. The average molecular weight is 427 g/mol. The molecule has 2 amide bonds. The van der Waals surface area contributed by atoms with E-state index < -0.39 is 6.09 Å². The summed E-state index contributed by atoms with van der Waals surface area (Å²) in [6.45, 7) is 4.72. The van der Waals surface area contributed by atoms with Gasteiger partial charge in [-0.05, 0) is 55.2 Å². The SMILES string of the molecule is CCNC(=O)OCC1CCc2c(sc(NC(=O)CC(C)c3cccnc3)c2C#N)C1. The monoisotopic (exact) mass is 426 g/mol. The molecule has 2 N–H and O–H groups in total. The van der Waals surface area contributed by atoms with E-state index in [-0.39, 0.29) is 17.7 Å². The summed E-state index contributed by atoms with van der Waals surface area (Å²) < 4.78 is 5.27. The van der Waals surface area contributed by atoms with Crippen LogP contribution in [0.1, 0.15) is 54.2 Å². The standard InChI is InChI=1S/C22H26N4O3S/c1-3-25-22(28)29-13-15-6-7-17-18(11-23)21(30-19(17)10-15)26-20(27)9-14(2)16-5-4-8-24-12-16/h4-5,8,12,14-15H,3,6-7,9-10,13H2,1-2H3,(H,25,28)(H,26,27). The van der Waals surface area contributed by atoms with Crippen LogP contribution in [-0.2, 0) is 22.4 Å². The Morgan fingerprint density at radius 2 is 2.30 bits per heavy atom. The molecule has 1 aliphatic carbocycles. The zero-order valence-corrected chi connectivity index (χ0v) is 18.1. The van der Waals surface area contributed by atoms with Gasteiger partial charge in [-0.3, -0.25) is 9.78 Å². The molecule has 2 atom stereocenters. The lowest BCUT2D eigenvalue weighted by Crippen LogP contribution is -2.27. The third kappa shape index (κ3) is 5.36.